The second kappa shape index (κ2) is 2.67. The van der Waals surface area contributed by atoms with Crippen LogP contribution in [-0.2, 0) is 4.79 Å². The average Bonchev–Trinajstić information content (AvgIpc) is 1.93. The van der Waals surface area contributed by atoms with Crippen molar-refractivity contribution >= 4 is 5.78 Å². The largest absolute Gasteiger partial charge is 0.512 e. The number of rotatable bonds is 0. The van der Waals surface area contributed by atoms with Crippen molar-refractivity contribution in [3.05, 3.63) is 11.8 Å². The first-order valence-corrected chi connectivity index (χ1v) is 3.21. The number of aliphatic hydroxyl groups excluding tert-OH is 1. The molecule has 1 rings (SSSR count). The second-order valence-electron chi connectivity index (χ2n) is 2.31. The van der Waals surface area contributed by atoms with E-state index in [1.807, 2.05) is 0 Å². The van der Waals surface area contributed by atoms with Gasteiger partial charge in [0.05, 0.1) is 5.76 Å². The Balaban J connectivity index is 2.59. The minimum Gasteiger partial charge on any atom is -0.512 e. The van der Waals surface area contributed by atoms with Crippen LogP contribution >= 0.6 is 0 Å². The summed E-state index contributed by atoms with van der Waals surface area (Å²) in [4.78, 5) is 10.7. The van der Waals surface area contributed by atoms with Crippen LogP contribution in [0.3, 0.4) is 0 Å². The third kappa shape index (κ3) is 1.88. The number of hydrogen-bond donors (Lipinski definition) is 1. The predicted octanol–water partition coefficient (Wildman–Crippen LogP) is 1.57. The number of carbonyl (C=O) groups excluding carboxylic acids is 1. The third-order valence-corrected chi connectivity index (χ3v) is 1.43. The Hall–Kier alpha value is -0.790. The van der Waals surface area contributed by atoms with Crippen LogP contribution in [0.25, 0.3) is 0 Å². The fraction of sp³-hybridized carbons (Fsp3) is 0.571. The lowest BCUT2D eigenvalue weighted by molar-refractivity contribution is -0.114. The zero-order valence-electron chi connectivity index (χ0n) is 5.26. The van der Waals surface area contributed by atoms with Crippen molar-refractivity contribution in [1.82, 2.24) is 0 Å². The molecule has 1 aliphatic rings. The van der Waals surface area contributed by atoms with Crippen LogP contribution in [0.15, 0.2) is 11.8 Å². The van der Waals surface area contributed by atoms with Gasteiger partial charge < -0.3 is 5.11 Å². The molecule has 0 fully saturated rings. The first kappa shape index (κ1) is 6.33. The van der Waals surface area contributed by atoms with E-state index in [2.05, 4.69) is 0 Å². The molecule has 0 spiro atoms. The highest BCUT2D eigenvalue weighted by molar-refractivity contribution is 5.90. The Labute approximate surface area is 54.2 Å². The Kier molecular flexibility index (Phi) is 1.88. The van der Waals surface area contributed by atoms with E-state index < -0.39 is 0 Å². The van der Waals surface area contributed by atoms with Gasteiger partial charge in [0.2, 0.25) is 0 Å². The number of aliphatic hydroxyl groups is 1. The number of allylic oxidation sites excluding steroid dienone is 2. The van der Waals surface area contributed by atoms with Crippen LogP contribution in [0.4, 0.5) is 0 Å². The first-order valence-electron chi connectivity index (χ1n) is 3.21. The Morgan fingerprint density at radius 1 is 1.33 bits per heavy atom. The maximum absolute atomic E-state index is 10.7. The molecule has 0 aromatic heterocycles. The SMILES string of the molecule is O=C1C=C(O)CCCC1. The van der Waals surface area contributed by atoms with E-state index in [9.17, 15) is 4.79 Å². The second-order valence-corrected chi connectivity index (χ2v) is 2.31. The molecule has 2 heteroatoms. The highest BCUT2D eigenvalue weighted by atomic mass is 16.3. The summed E-state index contributed by atoms with van der Waals surface area (Å²) in [6.07, 6.45) is 4.47. The molecule has 0 aliphatic heterocycles. The average molecular weight is 126 g/mol. The summed E-state index contributed by atoms with van der Waals surface area (Å²) in [6.45, 7) is 0. The molecule has 0 amide bonds. The van der Waals surface area contributed by atoms with Gasteiger partial charge in [-0.1, -0.05) is 0 Å². The number of ketones is 1. The van der Waals surface area contributed by atoms with Gasteiger partial charge in [0.25, 0.3) is 0 Å². The molecule has 0 saturated carbocycles. The van der Waals surface area contributed by atoms with Gasteiger partial charge in [0, 0.05) is 18.9 Å². The van der Waals surface area contributed by atoms with Crippen LogP contribution in [0.1, 0.15) is 25.7 Å². The molecule has 50 valence electrons. The molecule has 1 aliphatic carbocycles. The van der Waals surface area contributed by atoms with E-state index in [0.29, 0.717) is 12.8 Å². The number of carbonyl (C=O) groups is 1. The summed E-state index contributed by atoms with van der Waals surface area (Å²) < 4.78 is 0. The van der Waals surface area contributed by atoms with Gasteiger partial charge in [-0.25, -0.2) is 0 Å². The van der Waals surface area contributed by atoms with Crippen LogP contribution < -0.4 is 0 Å². The molecule has 1 N–H and O–H groups in total. The normalized spacial score (nSPS) is 20.9. The monoisotopic (exact) mass is 126 g/mol. The minimum atomic E-state index is 0.0602. The topological polar surface area (TPSA) is 37.3 Å². The Bertz CT molecular complexity index is 147. The van der Waals surface area contributed by atoms with Crippen molar-refractivity contribution in [2.24, 2.45) is 0 Å². The van der Waals surface area contributed by atoms with E-state index >= 15 is 0 Å². The van der Waals surface area contributed by atoms with Crippen LogP contribution in [0.2, 0.25) is 0 Å². The maximum Gasteiger partial charge on any atom is 0.159 e. The summed E-state index contributed by atoms with van der Waals surface area (Å²) in [6, 6.07) is 0. The van der Waals surface area contributed by atoms with E-state index in [4.69, 9.17) is 5.11 Å². The zero-order valence-corrected chi connectivity index (χ0v) is 5.26. The molecule has 0 saturated heterocycles. The van der Waals surface area contributed by atoms with Crippen molar-refractivity contribution in [2.45, 2.75) is 25.7 Å². The molecule has 0 atom stereocenters. The third-order valence-electron chi connectivity index (χ3n) is 1.43. The fourth-order valence-corrected chi connectivity index (χ4v) is 0.936. The van der Waals surface area contributed by atoms with Gasteiger partial charge in [-0.3, -0.25) is 4.79 Å². The van der Waals surface area contributed by atoms with Gasteiger partial charge in [0.1, 0.15) is 0 Å². The molecule has 0 bridgehead atoms. The molecular formula is C7H10O2. The lowest BCUT2D eigenvalue weighted by atomic mass is 10.2. The summed E-state index contributed by atoms with van der Waals surface area (Å²) >= 11 is 0. The zero-order chi connectivity index (χ0) is 6.69. The van der Waals surface area contributed by atoms with Crippen molar-refractivity contribution in [1.29, 1.82) is 0 Å². The molecule has 0 aromatic carbocycles. The van der Waals surface area contributed by atoms with Gasteiger partial charge in [-0.2, -0.15) is 0 Å². The van der Waals surface area contributed by atoms with Crippen LogP contribution in [0.5, 0.6) is 0 Å². The summed E-state index contributed by atoms with van der Waals surface area (Å²) in [5, 5.41) is 8.90. The van der Waals surface area contributed by atoms with E-state index in [-0.39, 0.29) is 11.5 Å². The van der Waals surface area contributed by atoms with Gasteiger partial charge in [-0.05, 0) is 12.8 Å². The molecule has 0 unspecified atom stereocenters. The van der Waals surface area contributed by atoms with Gasteiger partial charge in [0.15, 0.2) is 5.78 Å². The Morgan fingerprint density at radius 2 is 2.00 bits per heavy atom. The van der Waals surface area contributed by atoms with Crippen LogP contribution in [-0.4, -0.2) is 10.9 Å². The lowest BCUT2D eigenvalue weighted by Crippen LogP contribution is -1.89. The summed E-state index contributed by atoms with van der Waals surface area (Å²) in [5.74, 6) is 0.308. The van der Waals surface area contributed by atoms with Crippen molar-refractivity contribution in [3.8, 4) is 0 Å². The van der Waals surface area contributed by atoms with E-state index in [0.717, 1.165) is 12.8 Å². The molecule has 0 aromatic rings. The highest BCUT2D eigenvalue weighted by Gasteiger charge is 2.05. The maximum atomic E-state index is 10.7. The lowest BCUT2D eigenvalue weighted by Gasteiger charge is -1.90. The molecule has 0 radical (unpaired) electrons. The summed E-state index contributed by atoms with van der Waals surface area (Å²) in [5.41, 5.74) is 0. The highest BCUT2D eigenvalue weighted by Crippen LogP contribution is 2.11. The van der Waals surface area contributed by atoms with E-state index in [1.54, 1.807) is 0 Å². The Morgan fingerprint density at radius 3 is 2.78 bits per heavy atom. The molecular weight excluding hydrogens is 116 g/mol. The smallest absolute Gasteiger partial charge is 0.159 e. The number of hydrogen-bond acceptors (Lipinski definition) is 2. The molecule has 9 heavy (non-hydrogen) atoms. The quantitative estimate of drug-likeness (QED) is 0.535. The van der Waals surface area contributed by atoms with Crippen molar-refractivity contribution < 1.29 is 9.90 Å². The van der Waals surface area contributed by atoms with Crippen LogP contribution in [0, 0.1) is 0 Å². The predicted molar refractivity (Wildman–Crippen MR) is 34.2 cm³/mol. The van der Waals surface area contributed by atoms with E-state index in [1.165, 1.54) is 6.08 Å². The first-order chi connectivity index (χ1) is 4.29. The summed E-state index contributed by atoms with van der Waals surface area (Å²) in [7, 11) is 0. The fourth-order valence-electron chi connectivity index (χ4n) is 0.936. The van der Waals surface area contributed by atoms with Crippen molar-refractivity contribution in [3.63, 3.8) is 0 Å². The van der Waals surface area contributed by atoms with Gasteiger partial charge in [-0.15, -0.1) is 0 Å². The minimum absolute atomic E-state index is 0.0602. The molecule has 2 nitrogen and oxygen atoms in total. The standard InChI is InChI=1S/C7H10O2/c8-6-3-1-2-4-7(9)5-6/h5,8H,1-4H2. The molecule has 0 heterocycles. The van der Waals surface area contributed by atoms with Crippen molar-refractivity contribution in [2.75, 3.05) is 0 Å². The van der Waals surface area contributed by atoms with Gasteiger partial charge >= 0.3 is 0 Å².